The number of carbonyl (C=O) groups is 1. The van der Waals surface area contributed by atoms with E-state index >= 15 is 0 Å². The van der Waals surface area contributed by atoms with E-state index in [1.54, 1.807) is 12.1 Å². The third kappa shape index (κ3) is 3.82. The fourth-order valence-electron chi connectivity index (χ4n) is 1.41. The molecule has 0 heterocycles. The quantitative estimate of drug-likeness (QED) is 0.791. The number of rotatable bonds is 6. The van der Waals surface area contributed by atoms with Gasteiger partial charge in [0.25, 0.3) is 10.1 Å². The van der Waals surface area contributed by atoms with E-state index in [9.17, 15) is 13.2 Å². The van der Waals surface area contributed by atoms with Gasteiger partial charge in [-0.3, -0.25) is 8.98 Å². The van der Waals surface area contributed by atoms with Crippen LogP contribution >= 0.6 is 0 Å². The monoisotopic (exact) mass is 271 g/mol. The molecule has 1 amide bonds. The molecular weight excluding hydrogens is 254 g/mol. The molecule has 1 aromatic carbocycles. The SMILES string of the molecule is CCCC(OS(=O)(=O)c1ccc(C)cc1)C(N)=O. The fourth-order valence-corrected chi connectivity index (χ4v) is 2.49. The van der Waals surface area contributed by atoms with Crippen LogP contribution in [-0.2, 0) is 19.1 Å². The number of carbonyl (C=O) groups excluding carboxylic acids is 1. The third-order valence-electron chi connectivity index (χ3n) is 2.42. The molecule has 1 unspecified atom stereocenters. The first-order valence-electron chi connectivity index (χ1n) is 5.66. The fraction of sp³-hybridized carbons (Fsp3) is 0.417. The Balaban J connectivity index is 2.93. The molecule has 0 saturated heterocycles. The average Bonchev–Trinajstić information content (AvgIpc) is 2.28. The van der Waals surface area contributed by atoms with Gasteiger partial charge >= 0.3 is 0 Å². The Labute approximate surface area is 107 Å². The topological polar surface area (TPSA) is 86.5 Å². The summed E-state index contributed by atoms with van der Waals surface area (Å²) < 4.78 is 28.7. The Morgan fingerprint density at radius 1 is 1.33 bits per heavy atom. The van der Waals surface area contributed by atoms with Crippen molar-refractivity contribution in [2.24, 2.45) is 5.73 Å². The van der Waals surface area contributed by atoms with Gasteiger partial charge in [-0.2, -0.15) is 8.42 Å². The molecule has 0 bridgehead atoms. The van der Waals surface area contributed by atoms with E-state index in [-0.39, 0.29) is 11.3 Å². The van der Waals surface area contributed by atoms with Gasteiger partial charge in [-0.25, -0.2) is 0 Å². The highest BCUT2D eigenvalue weighted by atomic mass is 32.2. The van der Waals surface area contributed by atoms with Gasteiger partial charge in [0.2, 0.25) is 5.91 Å². The molecule has 0 aliphatic rings. The van der Waals surface area contributed by atoms with Crippen LogP contribution in [0.5, 0.6) is 0 Å². The molecular formula is C12H17NO4S. The van der Waals surface area contributed by atoms with Crippen molar-refractivity contribution in [2.75, 3.05) is 0 Å². The van der Waals surface area contributed by atoms with Crippen LogP contribution in [0, 0.1) is 6.92 Å². The number of hydrogen-bond acceptors (Lipinski definition) is 4. The summed E-state index contributed by atoms with van der Waals surface area (Å²) >= 11 is 0. The Morgan fingerprint density at radius 3 is 2.33 bits per heavy atom. The van der Waals surface area contributed by atoms with Crippen LogP contribution in [0.25, 0.3) is 0 Å². The second-order valence-electron chi connectivity index (χ2n) is 4.04. The maximum absolute atomic E-state index is 11.9. The second-order valence-corrected chi connectivity index (χ2v) is 5.62. The van der Waals surface area contributed by atoms with Crippen molar-refractivity contribution in [2.45, 2.75) is 37.7 Å². The molecule has 0 radical (unpaired) electrons. The van der Waals surface area contributed by atoms with Crippen LogP contribution in [0.1, 0.15) is 25.3 Å². The Bertz CT molecular complexity index is 507. The molecule has 0 saturated carbocycles. The smallest absolute Gasteiger partial charge is 0.297 e. The van der Waals surface area contributed by atoms with Crippen LogP contribution < -0.4 is 5.73 Å². The zero-order valence-corrected chi connectivity index (χ0v) is 11.2. The maximum atomic E-state index is 11.9. The van der Waals surface area contributed by atoms with E-state index < -0.39 is 22.1 Å². The summed E-state index contributed by atoms with van der Waals surface area (Å²) in [6, 6.07) is 6.20. The van der Waals surface area contributed by atoms with Gasteiger partial charge in [-0.05, 0) is 25.5 Å². The van der Waals surface area contributed by atoms with Gasteiger partial charge in [0, 0.05) is 0 Å². The summed E-state index contributed by atoms with van der Waals surface area (Å²) in [7, 11) is -3.94. The lowest BCUT2D eigenvalue weighted by Crippen LogP contribution is -2.33. The van der Waals surface area contributed by atoms with Crippen LogP contribution in [0.3, 0.4) is 0 Å². The molecule has 0 aliphatic carbocycles. The lowest BCUT2D eigenvalue weighted by Gasteiger charge is -2.13. The molecule has 1 aromatic rings. The van der Waals surface area contributed by atoms with Crippen LogP contribution in [0.2, 0.25) is 0 Å². The number of aryl methyl sites for hydroxylation is 1. The molecule has 0 spiro atoms. The molecule has 0 fully saturated rings. The van der Waals surface area contributed by atoms with Crippen molar-refractivity contribution >= 4 is 16.0 Å². The summed E-state index contributed by atoms with van der Waals surface area (Å²) in [4.78, 5) is 11.1. The summed E-state index contributed by atoms with van der Waals surface area (Å²) in [5.74, 6) is -0.771. The van der Waals surface area contributed by atoms with Gasteiger partial charge in [0.1, 0.15) is 0 Å². The van der Waals surface area contributed by atoms with Gasteiger partial charge in [-0.1, -0.05) is 31.0 Å². The molecule has 1 rings (SSSR count). The minimum atomic E-state index is -3.94. The molecule has 6 heteroatoms. The number of primary amides is 1. The van der Waals surface area contributed by atoms with Crippen molar-refractivity contribution in [3.8, 4) is 0 Å². The van der Waals surface area contributed by atoms with E-state index in [4.69, 9.17) is 9.92 Å². The van der Waals surface area contributed by atoms with E-state index in [0.717, 1.165) is 5.56 Å². The molecule has 5 nitrogen and oxygen atoms in total. The predicted octanol–water partition coefficient (Wildman–Crippen LogP) is 1.35. The van der Waals surface area contributed by atoms with Crippen LogP contribution in [0.15, 0.2) is 29.2 Å². The first kappa shape index (κ1) is 14.7. The number of nitrogens with two attached hydrogens (primary N) is 1. The van der Waals surface area contributed by atoms with E-state index in [0.29, 0.717) is 6.42 Å². The summed E-state index contributed by atoms with van der Waals surface area (Å²) in [6.07, 6.45) is -0.224. The van der Waals surface area contributed by atoms with Crippen molar-refractivity contribution < 1.29 is 17.4 Å². The molecule has 18 heavy (non-hydrogen) atoms. The van der Waals surface area contributed by atoms with Gasteiger partial charge in [0.05, 0.1) is 4.90 Å². The second kappa shape index (κ2) is 5.97. The molecule has 0 aromatic heterocycles. The standard InChI is InChI=1S/C12H17NO4S/c1-3-4-11(12(13)14)17-18(15,16)10-7-5-9(2)6-8-10/h5-8,11H,3-4H2,1-2H3,(H2,13,14). The van der Waals surface area contributed by atoms with Crippen molar-refractivity contribution in [1.29, 1.82) is 0 Å². The first-order chi connectivity index (χ1) is 8.36. The Hall–Kier alpha value is -1.40. The predicted molar refractivity (Wildman–Crippen MR) is 67.3 cm³/mol. The molecule has 0 aliphatic heterocycles. The van der Waals surface area contributed by atoms with Crippen molar-refractivity contribution in [1.82, 2.24) is 0 Å². The minimum Gasteiger partial charge on any atom is -0.367 e. The molecule has 1 atom stereocenters. The van der Waals surface area contributed by atoms with E-state index in [1.807, 2.05) is 13.8 Å². The Kier molecular flexibility index (Phi) is 4.86. The van der Waals surface area contributed by atoms with Crippen molar-refractivity contribution in [3.63, 3.8) is 0 Å². The van der Waals surface area contributed by atoms with Gasteiger partial charge in [0.15, 0.2) is 6.10 Å². The summed E-state index contributed by atoms with van der Waals surface area (Å²) in [6.45, 7) is 3.67. The van der Waals surface area contributed by atoms with Gasteiger partial charge < -0.3 is 5.73 Å². The van der Waals surface area contributed by atoms with Crippen LogP contribution in [-0.4, -0.2) is 20.4 Å². The number of amides is 1. The Morgan fingerprint density at radius 2 is 1.89 bits per heavy atom. The zero-order valence-electron chi connectivity index (χ0n) is 10.4. The normalized spacial score (nSPS) is 13.2. The van der Waals surface area contributed by atoms with Crippen molar-refractivity contribution in [3.05, 3.63) is 29.8 Å². The third-order valence-corrected chi connectivity index (χ3v) is 3.76. The average molecular weight is 271 g/mol. The molecule has 2 N–H and O–H groups in total. The van der Waals surface area contributed by atoms with E-state index in [2.05, 4.69) is 0 Å². The highest BCUT2D eigenvalue weighted by molar-refractivity contribution is 7.86. The maximum Gasteiger partial charge on any atom is 0.297 e. The minimum absolute atomic E-state index is 0.0236. The summed E-state index contributed by atoms with van der Waals surface area (Å²) in [5, 5.41) is 0. The van der Waals surface area contributed by atoms with Crippen LogP contribution in [0.4, 0.5) is 0 Å². The molecule has 100 valence electrons. The lowest BCUT2D eigenvalue weighted by atomic mass is 10.2. The first-order valence-corrected chi connectivity index (χ1v) is 7.07. The number of hydrogen-bond donors (Lipinski definition) is 1. The lowest BCUT2D eigenvalue weighted by molar-refractivity contribution is -0.124. The summed E-state index contributed by atoms with van der Waals surface area (Å²) in [5.41, 5.74) is 6.04. The highest BCUT2D eigenvalue weighted by Crippen LogP contribution is 2.16. The zero-order chi connectivity index (χ0) is 13.8. The van der Waals surface area contributed by atoms with E-state index in [1.165, 1.54) is 12.1 Å². The highest BCUT2D eigenvalue weighted by Gasteiger charge is 2.24. The van der Waals surface area contributed by atoms with Gasteiger partial charge in [-0.15, -0.1) is 0 Å². The largest absolute Gasteiger partial charge is 0.367 e. The number of benzene rings is 1.